The summed E-state index contributed by atoms with van der Waals surface area (Å²) in [5.74, 6) is 0.119. The maximum atomic E-state index is 13.1. The van der Waals surface area contributed by atoms with Gasteiger partial charge in [0, 0.05) is 30.6 Å². The van der Waals surface area contributed by atoms with Gasteiger partial charge in [0.1, 0.15) is 4.83 Å². The SMILES string of the molecule is CCN(C(=O)CSc1nc2scc(-c3ccccc3)c2c(=O)n1C)[C@H]1CCS(=O)(=O)C1. The molecule has 3 aromatic rings. The molecule has 164 valence electrons. The lowest BCUT2D eigenvalue weighted by atomic mass is 10.1. The molecule has 7 nitrogen and oxygen atoms in total. The molecule has 1 amide bonds. The first-order valence-corrected chi connectivity index (χ1v) is 13.7. The maximum Gasteiger partial charge on any atom is 0.263 e. The number of carbonyl (C=O) groups excluding carboxylic acids is 1. The molecule has 4 rings (SSSR count). The Balaban J connectivity index is 1.56. The number of benzene rings is 1. The minimum atomic E-state index is -3.07. The van der Waals surface area contributed by atoms with Crippen molar-refractivity contribution in [1.29, 1.82) is 0 Å². The molecule has 3 heterocycles. The second kappa shape index (κ2) is 8.76. The highest BCUT2D eigenvalue weighted by Crippen LogP contribution is 2.32. The van der Waals surface area contributed by atoms with Gasteiger partial charge in [0.15, 0.2) is 15.0 Å². The van der Waals surface area contributed by atoms with Crippen LogP contribution in [0.15, 0.2) is 45.7 Å². The summed E-state index contributed by atoms with van der Waals surface area (Å²) in [6, 6.07) is 9.45. The number of thioether (sulfide) groups is 1. The van der Waals surface area contributed by atoms with Gasteiger partial charge in [-0.2, -0.15) is 0 Å². The number of rotatable bonds is 6. The van der Waals surface area contributed by atoms with Gasteiger partial charge in [-0.1, -0.05) is 42.1 Å². The van der Waals surface area contributed by atoms with Crippen molar-refractivity contribution in [3.63, 3.8) is 0 Å². The zero-order valence-corrected chi connectivity index (χ0v) is 19.7. The van der Waals surface area contributed by atoms with Crippen molar-refractivity contribution in [1.82, 2.24) is 14.5 Å². The molecule has 0 unspecified atom stereocenters. The quantitative estimate of drug-likeness (QED) is 0.401. The van der Waals surface area contributed by atoms with E-state index in [1.54, 1.807) is 11.9 Å². The molecule has 0 aliphatic carbocycles. The molecule has 0 spiro atoms. The van der Waals surface area contributed by atoms with E-state index in [1.165, 1.54) is 27.7 Å². The minimum Gasteiger partial charge on any atom is -0.338 e. The number of amides is 1. The average Bonchev–Trinajstić information content (AvgIpc) is 3.34. The largest absolute Gasteiger partial charge is 0.338 e. The summed E-state index contributed by atoms with van der Waals surface area (Å²) in [5.41, 5.74) is 1.68. The zero-order chi connectivity index (χ0) is 22.2. The first kappa shape index (κ1) is 22.0. The monoisotopic (exact) mass is 477 g/mol. The first-order chi connectivity index (χ1) is 14.8. The lowest BCUT2D eigenvalue weighted by molar-refractivity contribution is -0.129. The number of fused-ring (bicyclic) bond motifs is 1. The smallest absolute Gasteiger partial charge is 0.263 e. The summed E-state index contributed by atoms with van der Waals surface area (Å²) in [6.07, 6.45) is 0.479. The van der Waals surface area contributed by atoms with Crippen molar-refractivity contribution in [2.24, 2.45) is 7.05 Å². The van der Waals surface area contributed by atoms with Crippen LogP contribution in [-0.2, 0) is 21.7 Å². The highest BCUT2D eigenvalue weighted by atomic mass is 32.2. The maximum absolute atomic E-state index is 13.1. The summed E-state index contributed by atoms with van der Waals surface area (Å²) in [7, 11) is -1.40. The summed E-state index contributed by atoms with van der Waals surface area (Å²) in [6.45, 7) is 2.31. The molecule has 1 aliphatic heterocycles. The van der Waals surface area contributed by atoms with Gasteiger partial charge in [0.05, 0.1) is 22.6 Å². The van der Waals surface area contributed by atoms with E-state index in [1.807, 2.05) is 42.6 Å². The lowest BCUT2D eigenvalue weighted by Crippen LogP contribution is -2.42. The Kier molecular flexibility index (Phi) is 6.23. The van der Waals surface area contributed by atoms with Gasteiger partial charge in [-0.25, -0.2) is 13.4 Å². The standard InChI is InChI=1S/C21H23N3O4S3/c1-3-24(15-9-10-31(27,28)13-15)17(25)12-30-21-22-19-18(20(26)23(21)2)16(11-29-19)14-7-5-4-6-8-14/h4-8,11,15H,3,9-10,12-13H2,1-2H3/t15-/m0/s1. The normalized spacial score (nSPS) is 17.8. The van der Waals surface area contributed by atoms with Gasteiger partial charge in [-0.05, 0) is 18.9 Å². The van der Waals surface area contributed by atoms with Crippen molar-refractivity contribution >= 4 is 49.1 Å². The fourth-order valence-electron chi connectivity index (χ4n) is 3.88. The predicted octanol–water partition coefficient (Wildman–Crippen LogP) is 2.79. The third kappa shape index (κ3) is 4.42. The van der Waals surface area contributed by atoms with Crippen LogP contribution >= 0.6 is 23.1 Å². The van der Waals surface area contributed by atoms with Crippen LogP contribution in [0.4, 0.5) is 0 Å². The molecule has 0 saturated carbocycles. The third-order valence-corrected chi connectivity index (χ3v) is 9.13. The topological polar surface area (TPSA) is 89.3 Å². The van der Waals surface area contributed by atoms with Crippen LogP contribution in [0.3, 0.4) is 0 Å². The zero-order valence-electron chi connectivity index (χ0n) is 17.3. The fourth-order valence-corrected chi connectivity index (χ4v) is 7.46. The minimum absolute atomic E-state index is 0.0252. The second-order valence-electron chi connectivity index (χ2n) is 7.48. The number of hydrogen-bond acceptors (Lipinski definition) is 7. The Morgan fingerprint density at radius 1 is 1.32 bits per heavy atom. The van der Waals surface area contributed by atoms with Gasteiger partial charge >= 0.3 is 0 Å². The molecule has 1 fully saturated rings. The van der Waals surface area contributed by atoms with E-state index in [9.17, 15) is 18.0 Å². The summed E-state index contributed by atoms with van der Waals surface area (Å²) < 4.78 is 25.1. The molecule has 1 aromatic carbocycles. The highest BCUT2D eigenvalue weighted by molar-refractivity contribution is 7.99. The van der Waals surface area contributed by atoms with Crippen LogP contribution < -0.4 is 5.56 Å². The average molecular weight is 478 g/mol. The Bertz CT molecular complexity index is 1280. The Labute approximate surface area is 189 Å². The molecule has 0 bridgehead atoms. The molecular formula is C21H23N3O4S3. The van der Waals surface area contributed by atoms with E-state index in [0.29, 0.717) is 28.3 Å². The molecule has 1 aliphatic rings. The molecule has 10 heteroatoms. The van der Waals surface area contributed by atoms with E-state index in [-0.39, 0.29) is 34.8 Å². The van der Waals surface area contributed by atoms with Gasteiger partial charge in [0.2, 0.25) is 5.91 Å². The van der Waals surface area contributed by atoms with Crippen LogP contribution in [0.2, 0.25) is 0 Å². The van der Waals surface area contributed by atoms with Crippen LogP contribution in [0.25, 0.3) is 21.3 Å². The van der Waals surface area contributed by atoms with Gasteiger partial charge in [0.25, 0.3) is 5.56 Å². The summed E-state index contributed by atoms with van der Waals surface area (Å²) in [4.78, 5) is 32.8. The highest BCUT2D eigenvalue weighted by Gasteiger charge is 2.33. The van der Waals surface area contributed by atoms with Crippen molar-refractivity contribution < 1.29 is 13.2 Å². The molecular weight excluding hydrogens is 454 g/mol. The molecule has 1 atom stereocenters. The van der Waals surface area contributed by atoms with E-state index in [0.717, 1.165) is 11.1 Å². The first-order valence-electron chi connectivity index (χ1n) is 9.97. The summed E-state index contributed by atoms with van der Waals surface area (Å²) in [5, 5.41) is 3.00. The van der Waals surface area contributed by atoms with Gasteiger partial charge < -0.3 is 4.90 Å². The summed E-state index contributed by atoms with van der Waals surface area (Å²) >= 11 is 2.62. The number of hydrogen-bond donors (Lipinski definition) is 0. The Morgan fingerprint density at radius 2 is 2.06 bits per heavy atom. The fraction of sp³-hybridized carbons (Fsp3) is 0.381. The number of nitrogens with zero attached hydrogens (tertiary/aromatic N) is 3. The van der Waals surface area contributed by atoms with E-state index >= 15 is 0 Å². The molecule has 0 N–H and O–H groups in total. The van der Waals surface area contributed by atoms with Gasteiger partial charge in [-0.3, -0.25) is 14.2 Å². The van der Waals surface area contributed by atoms with Crippen molar-refractivity contribution in [2.45, 2.75) is 24.5 Å². The van der Waals surface area contributed by atoms with Crippen LogP contribution in [0.1, 0.15) is 13.3 Å². The van der Waals surface area contributed by atoms with Crippen LogP contribution in [0.5, 0.6) is 0 Å². The van der Waals surface area contributed by atoms with Crippen molar-refractivity contribution in [3.8, 4) is 11.1 Å². The number of carbonyl (C=O) groups is 1. The van der Waals surface area contributed by atoms with E-state index in [4.69, 9.17) is 0 Å². The lowest BCUT2D eigenvalue weighted by Gasteiger charge is -2.26. The third-order valence-electron chi connectivity index (χ3n) is 5.49. The Morgan fingerprint density at radius 3 is 2.71 bits per heavy atom. The molecule has 0 radical (unpaired) electrons. The van der Waals surface area contributed by atoms with Crippen molar-refractivity contribution in [2.75, 3.05) is 23.8 Å². The Hall–Kier alpha value is -2.17. The van der Waals surface area contributed by atoms with E-state index < -0.39 is 9.84 Å². The van der Waals surface area contributed by atoms with Crippen molar-refractivity contribution in [3.05, 3.63) is 46.1 Å². The molecule has 31 heavy (non-hydrogen) atoms. The number of aromatic nitrogens is 2. The van der Waals surface area contributed by atoms with Crippen LogP contribution in [-0.4, -0.2) is 58.6 Å². The predicted molar refractivity (Wildman–Crippen MR) is 125 cm³/mol. The van der Waals surface area contributed by atoms with Crippen LogP contribution in [0, 0.1) is 0 Å². The van der Waals surface area contributed by atoms with Gasteiger partial charge in [-0.15, -0.1) is 11.3 Å². The second-order valence-corrected chi connectivity index (χ2v) is 11.5. The molecule has 1 saturated heterocycles. The van der Waals surface area contributed by atoms with E-state index in [2.05, 4.69) is 4.98 Å². The molecule has 2 aromatic heterocycles. The number of sulfone groups is 1. The number of thiophene rings is 1.